The van der Waals surface area contributed by atoms with E-state index in [9.17, 15) is 0 Å². The zero-order valence-electron chi connectivity index (χ0n) is 12.2. The van der Waals surface area contributed by atoms with E-state index in [0.717, 1.165) is 35.8 Å². The summed E-state index contributed by atoms with van der Waals surface area (Å²) in [6, 6.07) is 6.16. The van der Waals surface area contributed by atoms with Gasteiger partial charge in [0.05, 0.1) is 6.54 Å². The molecule has 2 heterocycles. The number of anilines is 1. The number of piperidine rings is 1. The number of rotatable bonds is 3. The van der Waals surface area contributed by atoms with Gasteiger partial charge in [-0.15, -0.1) is 0 Å². The van der Waals surface area contributed by atoms with Gasteiger partial charge in [-0.1, -0.05) is 0 Å². The molecule has 20 heavy (non-hydrogen) atoms. The molecule has 0 amide bonds. The Morgan fingerprint density at radius 2 is 2.35 bits per heavy atom. The van der Waals surface area contributed by atoms with Crippen LogP contribution in [0.4, 0.5) is 5.69 Å². The fourth-order valence-electron chi connectivity index (χ4n) is 2.90. The summed E-state index contributed by atoms with van der Waals surface area (Å²) in [5.74, 6) is 0.765. The van der Waals surface area contributed by atoms with Crippen LogP contribution >= 0.6 is 0 Å². The van der Waals surface area contributed by atoms with Crippen LogP contribution < -0.4 is 5.73 Å². The largest absolute Gasteiger partial charge is 0.439 e. The van der Waals surface area contributed by atoms with Crippen molar-refractivity contribution < 1.29 is 4.42 Å². The molecular formula is C15H22N4O. The zero-order chi connectivity index (χ0) is 14.1. The summed E-state index contributed by atoms with van der Waals surface area (Å²) in [5, 5.41) is 0. The normalized spacial score (nSPS) is 20.9. The first-order valence-corrected chi connectivity index (χ1v) is 7.15. The third-order valence-electron chi connectivity index (χ3n) is 4.06. The van der Waals surface area contributed by atoms with E-state index in [0.29, 0.717) is 6.04 Å². The lowest BCUT2D eigenvalue weighted by molar-refractivity contribution is 0.122. The van der Waals surface area contributed by atoms with Crippen molar-refractivity contribution in [2.75, 3.05) is 32.9 Å². The number of nitrogens with two attached hydrogens (primary N) is 1. The highest BCUT2D eigenvalue weighted by molar-refractivity contribution is 5.76. The third-order valence-corrected chi connectivity index (χ3v) is 4.06. The molecule has 0 saturated carbocycles. The Labute approximate surface area is 119 Å². The first-order chi connectivity index (χ1) is 9.61. The van der Waals surface area contributed by atoms with Crippen LogP contribution in [0.1, 0.15) is 18.7 Å². The SMILES string of the molecule is CN1CCCC(N(C)Cc2nc3cc(N)ccc3o2)C1. The van der Waals surface area contributed by atoms with E-state index < -0.39 is 0 Å². The van der Waals surface area contributed by atoms with Gasteiger partial charge >= 0.3 is 0 Å². The number of nitrogen functional groups attached to an aromatic ring is 1. The van der Waals surface area contributed by atoms with Gasteiger partial charge in [0.25, 0.3) is 0 Å². The molecule has 0 spiro atoms. The minimum absolute atomic E-state index is 0.578. The number of likely N-dealkylation sites (tertiary alicyclic amines) is 1. The van der Waals surface area contributed by atoms with Crippen molar-refractivity contribution in [1.82, 2.24) is 14.8 Å². The Bertz CT molecular complexity index is 595. The second-order valence-electron chi connectivity index (χ2n) is 5.81. The van der Waals surface area contributed by atoms with Gasteiger partial charge in [0, 0.05) is 18.3 Å². The molecule has 2 aromatic rings. The van der Waals surface area contributed by atoms with Gasteiger partial charge < -0.3 is 15.1 Å². The van der Waals surface area contributed by atoms with Crippen LogP contribution in [0.2, 0.25) is 0 Å². The molecular weight excluding hydrogens is 252 g/mol. The summed E-state index contributed by atoms with van der Waals surface area (Å²) in [7, 11) is 4.33. The Morgan fingerprint density at radius 3 is 3.15 bits per heavy atom. The number of hydrogen-bond donors (Lipinski definition) is 1. The summed E-state index contributed by atoms with van der Waals surface area (Å²) in [6.45, 7) is 3.06. The van der Waals surface area contributed by atoms with Gasteiger partial charge in [-0.2, -0.15) is 0 Å². The smallest absolute Gasteiger partial charge is 0.209 e. The molecule has 1 aromatic carbocycles. The number of likely N-dealkylation sites (N-methyl/N-ethyl adjacent to an activating group) is 2. The summed E-state index contributed by atoms with van der Waals surface area (Å²) in [4.78, 5) is 9.25. The molecule has 1 unspecified atom stereocenters. The molecule has 3 rings (SSSR count). The van der Waals surface area contributed by atoms with Gasteiger partial charge in [0.1, 0.15) is 5.52 Å². The minimum Gasteiger partial charge on any atom is -0.439 e. The molecule has 108 valence electrons. The average molecular weight is 274 g/mol. The molecule has 0 aliphatic carbocycles. The molecule has 1 aliphatic rings. The highest BCUT2D eigenvalue weighted by Crippen LogP contribution is 2.21. The average Bonchev–Trinajstić information content (AvgIpc) is 2.80. The van der Waals surface area contributed by atoms with Crippen LogP contribution in [0.5, 0.6) is 0 Å². The van der Waals surface area contributed by atoms with Crippen LogP contribution in [-0.2, 0) is 6.54 Å². The van der Waals surface area contributed by atoms with Gasteiger partial charge in [-0.05, 0) is 51.7 Å². The quantitative estimate of drug-likeness (QED) is 0.867. The number of nitrogens with zero attached hydrogens (tertiary/aromatic N) is 3. The standard InChI is InChI=1S/C15H22N4O/c1-18-7-3-4-12(9-18)19(2)10-15-17-13-8-11(16)5-6-14(13)20-15/h5-6,8,12H,3-4,7,9-10,16H2,1-2H3. The van der Waals surface area contributed by atoms with E-state index in [1.54, 1.807) is 0 Å². The second-order valence-corrected chi connectivity index (χ2v) is 5.81. The monoisotopic (exact) mass is 274 g/mol. The van der Waals surface area contributed by atoms with Crippen molar-refractivity contribution in [3.05, 3.63) is 24.1 Å². The van der Waals surface area contributed by atoms with Crippen molar-refractivity contribution in [3.8, 4) is 0 Å². The summed E-state index contributed by atoms with van der Waals surface area (Å²) < 4.78 is 5.79. The van der Waals surface area contributed by atoms with Gasteiger partial charge in [-0.3, -0.25) is 4.90 Å². The summed E-state index contributed by atoms with van der Waals surface area (Å²) in [5.41, 5.74) is 8.14. The minimum atomic E-state index is 0.578. The first kappa shape index (κ1) is 13.4. The molecule has 0 bridgehead atoms. The number of benzene rings is 1. The number of fused-ring (bicyclic) bond motifs is 1. The maximum Gasteiger partial charge on any atom is 0.209 e. The van der Waals surface area contributed by atoms with E-state index in [1.807, 2.05) is 18.2 Å². The van der Waals surface area contributed by atoms with Gasteiger partial charge in [0.2, 0.25) is 5.89 Å². The predicted octanol–water partition coefficient (Wildman–Crippen LogP) is 1.94. The molecule has 1 saturated heterocycles. The van der Waals surface area contributed by atoms with Crippen molar-refractivity contribution >= 4 is 16.8 Å². The number of oxazole rings is 1. The molecule has 1 fully saturated rings. The van der Waals surface area contributed by atoms with Crippen LogP contribution in [-0.4, -0.2) is 48.0 Å². The Balaban J connectivity index is 1.72. The molecule has 1 atom stereocenters. The Morgan fingerprint density at radius 1 is 1.50 bits per heavy atom. The predicted molar refractivity (Wildman–Crippen MR) is 80.4 cm³/mol. The number of aromatic nitrogens is 1. The Hall–Kier alpha value is -1.59. The van der Waals surface area contributed by atoms with E-state index in [1.165, 1.54) is 19.4 Å². The lowest BCUT2D eigenvalue weighted by Gasteiger charge is -2.35. The van der Waals surface area contributed by atoms with Crippen LogP contribution in [0.3, 0.4) is 0 Å². The highest BCUT2D eigenvalue weighted by atomic mass is 16.3. The summed E-state index contributed by atoms with van der Waals surface area (Å²) >= 11 is 0. The van der Waals surface area contributed by atoms with Crippen molar-refractivity contribution in [2.45, 2.75) is 25.4 Å². The fourth-order valence-corrected chi connectivity index (χ4v) is 2.90. The summed E-state index contributed by atoms with van der Waals surface area (Å²) in [6.07, 6.45) is 2.50. The third kappa shape index (κ3) is 2.78. The van der Waals surface area contributed by atoms with E-state index in [2.05, 4.69) is 28.9 Å². The second kappa shape index (κ2) is 5.42. The molecule has 1 aliphatic heterocycles. The lowest BCUT2D eigenvalue weighted by atomic mass is 10.1. The zero-order valence-corrected chi connectivity index (χ0v) is 12.2. The lowest BCUT2D eigenvalue weighted by Crippen LogP contribution is -2.44. The molecule has 1 aromatic heterocycles. The van der Waals surface area contributed by atoms with E-state index in [-0.39, 0.29) is 0 Å². The topological polar surface area (TPSA) is 58.5 Å². The van der Waals surface area contributed by atoms with E-state index >= 15 is 0 Å². The fraction of sp³-hybridized carbons (Fsp3) is 0.533. The van der Waals surface area contributed by atoms with Crippen molar-refractivity contribution in [2.24, 2.45) is 0 Å². The highest BCUT2D eigenvalue weighted by Gasteiger charge is 2.22. The maximum absolute atomic E-state index is 5.79. The van der Waals surface area contributed by atoms with Crippen molar-refractivity contribution in [3.63, 3.8) is 0 Å². The van der Waals surface area contributed by atoms with E-state index in [4.69, 9.17) is 10.2 Å². The molecule has 2 N–H and O–H groups in total. The Kier molecular flexibility index (Phi) is 3.63. The molecule has 0 radical (unpaired) electrons. The first-order valence-electron chi connectivity index (χ1n) is 7.15. The maximum atomic E-state index is 5.79. The van der Waals surface area contributed by atoms with Gasteiger partial charge in [0.15, 0.2) is 5.58 Å². The van der Waals surface area contributed by atoms with Crippen LogP contribution in [0.25, 0.3) is 11.1 Å². The van der Waals surface area contributed by atoms with Crippen LogP contribution in [0.15, 0.2) is 22.6 Å². The van der Waals surface area contributed by atoms with Gasteiger partial charge in [-0.25, -0.2) is 4.98 Å². The van der Waals surface area contributed by atoms with Crippen molar-refractivity contribution in [1.29, 1.82) is 0 Å². The number of hydrogen-bond acceptors (Lipinski definition) is 5. The van der Waals surface area contributed by atoms with Crippen LogP contribution in [0, 0.1) is 0 Å². The molecule has 5 nitrogen and oxygen atoms in total. The molecule has 5 heteroatoms.